The van der Waals surface area contributed by atoms with Crippen molar-refractivity contribution in [3.05, 3.63) is 34.4 Å². The number of carbonyl (C=O) groups excluding carboxylic acids is 4. The number of nitro benzene ring substituents is 1. The van der Waals surface area contributed by atoms with Crippen LogP contribution in [-0.2, 0) is 24.0 Å². The summed E-state index contributed by atoms with van der Waals surface area (Å²) in [6.07, 6.45) is -0.664. The lowest BCUT2D eigenvalue weighted by molar-refractivity contribution is -0.384. The third-order valence-corrected chi connectivity index (χ3v) is 4.19. The van der Waals surface area contributed by atoms with Crippen molar-refractivity contribution in [2.45, 2.75) is 51.7 Å². The van der Waals surface area contributed by atoms with Crippen molar-refractivity contribution in [3.63, 3.8) is 0 Å². The predicted molar refractivity (Wildman–Crippen MR) is 111 cm³/mol. The van der Waals surface area contributed by atoms with Crippen LogP contribution in [0.25, 0.3) is 0 Å². The van der Waals surface area contributed by atoms with Crippen molar-refractivity contribution in [3.8, 4) is 0 Å². The molecule has 1 aromatic carbocycles. The first kappa shape index (κ1) is 26.0. The molecular weight excluding hydrogens is 426 g/mol. The van der Waals surface area contributed by atoms with Crippen LogP contribution in [-0.4, -0.2) is 57.8 Å². The monoisotopic (exact) mass is 451 g/mol. The molecule has 0 saturated heterocycles. The molecule has 0 spiro atoms. The summed E-state index contributed by atoms with van der Waals surface area (Å²) >= 11 is 0. The molecule has 0 aliphatic carbocycles. The Balaban J connectivity index is 2.51. The molecule has 13 nitrogen and oxygen atoms in total. The lowest BCUT2D eigenvalue weighted by Gasteiger charge is -2.20. The maximum atomic E-state index is 12.3. The largest absolute Gasteiger partial charge is 0.481 e. The van der Waals surface area contributed by atoms with E-state index in [9.17, 15) is 34.1 Å². The average Bonchev–Trinajstić information content (AvgIpc) is 2.72. The van der Waals surface area contributed by atoms with Crippen molar-refractivity contribution in [2.75, 3.05) is 5.32 Å². The molecule has 13 heteroatoms. The van der Waals surface area contributed by atoms with Gasteiger partial charge in [-0.25, -0.2) is 0 Å². The summed E-state index contributed by atoms with van der Waals surface area (Å²) in [6, 6.07) is 2.12. The number of amides is 4. The van der Waals surface area contributed by atoms with Crippen LogP contribution in [0.2, 0.25) is 0 Å². The number of rotatable bonds is 11. The molecule has 0 bridgehead atoms. The van der Waals surface area contributed by atoms with Crippen LogP contribution in [0, 0.1) is 10.1 Å². The van der Waals surface area contributed by atoms with E-state index in [0.717, 1.165) is 0 Å². The van der Waals surface area contributed by atoms with Crippen LogP contribution >= 0.6 is 0 Å². The fourth-order valence-electron chi connectivity index (χ4n) is 2.32. The molecule has 0 fully saturated rings. The van der Waals surface area contributed by atoms with Crippen LogP contribution < -0.4 is 21.3 Å². The summed E-state index contributed by atoms with van der Waals surface area (Å²) in [4.78, 5) is 68.7. The Kier molecular flexibility index (Phi) is 9.73. The molecule has 1 aromatic rings. The first-order valence-corrected chi connectivity index (χ1v) is 9.58. The molecule has 0 saturated carbocycles. The van der Waals surface area contributed by atoms with Gasteiger partial charge in [-0.15, -0.1) is 0 Å². The van der Waals surface area contributed by atoms with Gasteiger partial charge in [0.1, 0.15) is 18.1 Å². The van der Waals surface area contributed by atoms with Crippen LogP contribution in [0.3, 0.4) is 0 Å². The van der Waals surface area contributed by atoms with Gasteiger partial charge in [0.05, 0.1) is 11.3 Å². The van der Waals surface area contributed by atoms with Gasteiger partial charge in [-0.05, 0) is 32.9 Å². The molecule has 5 N–H and O–H groups in total. The number of nitrogens with one attached hydrogen (secondary N) is 4. The van der Waals surface area contributed by atoms with Gasteiger partial charge in [0, 0.05) is 24.2 Å². The molecule has 0 unspecified atom stereocenters. The summed E-state index contributed by atoms with van der Waals surface area (Å²) in [5, 5.41) is 28.8. The molecular formula is C19H25N5O8. The summed E-state index contributed by atoms with van der Waals surface area (Å²) in [6.45, 7) is 4.17. The number of aliphatic carboxylic acids is 1. The lowest BCUT2D eigenvalue weighted by Crippen LogP contribution is -2.54. The summed E-state index contributed by atoms with van der Waals surface area (Å²) < 4.78 is 0. The Bertz CT molecular complexity index is 886. The van der Waals surface area contributed by atoms with Crippen molar-refractivity contribution in [1.29, 1.82) is 0 Å². The summed E-state index contributed by atoms with van der Waals surface area (Å²) in [5.74, 6) is -3.67. The SMILES string of the molecule is C[C@H](NC(=O)CCC(=O)O)C(=O)N[C@H](C)C(=O)N[C@H](C)C(=O)Nc1ccc([N+](=O)[O-])cc1. The molecule has 0 aromatic heterocycles. The highest BCUT2D eigenvalue weighted by molar-refractivity contribution is 5.98. The Morgan fingerprint density at radius 3 is 1.78 bits per heavy atom. The highest BCUT2D eigenvalue weighted by Gasteiger charge is 2.24. The van der Waals surface area contributed by atoms with E-state index in [1.807, 2.05) is 0 Å². The number of benzene rings is 1. The maximum absolute atomic E-state index is 12.3. The zero-order valence-electron chi connectivity index (χ0n) is 17.7. The van der Waals surface area contributed by atoms with Crippen molar-refractivity contribution in [2.24, 2.45) is 0 Å². The molecule has 0 aliphatic rings. The predicted octanol–water partition coefficient (Wildman–Crippen LogP) is -0.0878. The summed E-state index contributed by atoms with van der Waals surface area (Å²) in [5.41, 5.74) is 0.164. The minimum Gasteiger partial charge on any atom is -0.481 e. The Hall–Kier alpha value is -4.03. The normalized spacial score (nSPS) is 13.1. The smallest absolute Gasteiger partial charge is 0.303 e. The molecule has 0 radical (unpaired) electrons. The van der Waals surface area contributed by atoms with Gasteiger partial charge in [-0.2, -0.15) is 0 Å². The molecule has 174 valence electrons. The number of nitrogens with zero attached hydrogens (tertiary/aromatic N) is 1. The van der Waals surface area contributed by atoms with Gasteiger partial charge in [-0.1, -0.05) is 0 Å². The fourth-order valence-corrected chi connectivity index (χ4v) is 2.32. The Morgan fingerprint density at radius 1 is 0.844 bits per heavy atom. The van der Waals surface area contributed by atoms with E-state index in [-0.39, 0.29) is 18.5 Å². The third kappa shape index (κ3) is 8.77. The van der Waals surface area contributed by atoms with Crippen LogP contribution in [0.15, 0.2) is 24.3 Å². The van der Waals surface area contributed by atoms with Gasteiger partial charge in [0.25, 0.3) is 5.69 Å². The molecule has 32 heavy (non-hydrogen) atoms. The average molecular weight is 451 g/mol. The van der Waals surface area contributed by atoms with Gasteiger partial charge < -0.3 is 26.4 Å². The molecule has 0 aliphatic heterocycles. The second-order valence-corrected chi connectivity index (χ2v) is 6.94. The maximum Gasteiger partial charge on any atom is 0.303 e. The zero-order chi connectivity index (χ0) is 24.4. The van der Waals surface area contributed by atoms with E-state index in [2.05, 4.69) is 21.3 Å². The second kappa shape index (κ2) is 12.0. The molecule has 0 heterocycles. The van der Waals surface area contributed by atoms with Crippen molar-refractivity contribution < 1.29 is 34.0 Å². The van der Waals surface area contributed by atoms with E-state index in [1.165, 1.54) is 45.0 Å². The standard InChI is InChI=1S/C19H25N5O8/c1-10(20-15(25)8-9-16(26)27)17(28)21-11(2)18(29)22-12(3)19(30)23-13-4-6-14(7-5-13)24(31)32/h4-7,10-12H,8-9H2,1-3H3,(H,20,25)(H,21,28)(H,22,29)(H,23,30)(H,26,27)/t10-,11+,12+/m0/s1. The number of carboxylic acids is 1. The number of carboxylic acid groups (broad SMARTS) is 1. The van der Waals surface area contributed by atoms with E-state index < -0.39 is 52.6 Å². The van der Waals surface area contributed by atoms with E-state index in [1.54, 1.807) is 0 Å². The van der Waals surface area contributed by atoms with Crippen molar-refractivity contribution >= 4 is 41.0 Å². The number of anilines is 1. The Labute approximate surface area is 183 Å². The van der Waals surface area contributed by atoms with Gasteiger partial charge in [0.15, 0.2) is 0 Å². The van der Waals surface area contributed by atoms with Gasteiger partial charge in [-0.3, -0.25) is 34.1 Å². The minimum atomic E-state index is -1.14. The first-order chi connectivity index (χ1) is 14.9. The highest BCUT2D eigenvalue weighted by Crippen LogP contribution is 2.15. The quantitative estimate of drug-likeness (QED) is 0.227. The highest BCUT2D eigenvalue weighted by atomic mass is 16.6. The lowest BCUT2D eigenvalue weighted by atomic mass is 10.2. The molecule has 1 rings (SSSR count). The van der Waals surface area contributed by atoms with Gasteiger partial charge in [0.2, 0.25) is 23.6 Å². The number of nitro groups is 1. The van der Waals surface area contributed by atoms with Crippen LogP contribution in [0.5, 0.6) is 0 Å². The number of non-ortho nitro benzene ring substituents is 1. The number of hydrogen-bond donors (Lipinski definition) is 5. The van der Waals surface area contributed by atoms with E-state index in [4.69, 9.17) is 5.11 Å². The van der Waals surface area contributed by atoms with Gasteiger partial charge >= 0.3 is 5.97 Å². The fraction of sp³-hybridized carbons (Fsp3) is 0.421. The Morgan fingerprint density at radius 2 is 1.31 bits per heavy atom. The first-order valence-electron chi connectivity index (χ1n) is 9.58. The molecule has 4 amide bonds. The number of hydrogen-bond acceptors (Lipinski definition) is 7. The van der Waals surface area contributed by atoms with E-state index in [0.29, 0.717) is 5.69 Å². The number of carbonyl (C=O) groups is 5. The second-order valence-electron chi connectivity index (χ2n) is 6.94. The molecule has 3 atom stereocenters. The van der Waals surface area contributed by atoms with Crippen molar-refractivity contribution in [1.82, 2.24) is 16.0 Å². The van der Waals surface area contributed by atoms with Crippen LogP contribution in [0.4, 0.5) is 11.4 Å². The third-order valence-electron chi connectivity index (χ3n) is 4.19. The summed E-state index contributed by atoms with van der Waals surface area (Å²) in [7, 11) is 0. The topological polar surface area (TPSA) is 197 Å². The van der Waals surface area contributed by atoms with E-state index >= 15 is 0 Å². The minimum absolute atomic E-state index is 0.138. The van der Waals surface area contributed by atoms with Crippen LogP contribution in [0.1, 0.15) is 33.6 Å². The zero-order valence-corrected chi connectivity index (χ0v) is 17.7.